The molecule has 1 aromatic carbocycles. The van der Waals surface area contributed by atoms with Crippen molar-refractivity contribution in [3.63, 3.8) is 0 Å². The van der Waals surface area contributed by atoms with Crippen LogP contribution in [0, 0.1) is 17.8 Å². The van der Waals surface area contributed by atoms with Crippen molar-refractivity contribution >= 4 is 28.8 Å². The molecule has 0 radical (unpaired) electrons. The quantitative estimate of drug-likeness (QED) is 0.784. The molecule has 0 aliphatic heterocycles. The SMILES string of the molecule is CCc1nnsc1C(=O)Nc1ccccc1NC12CC3CC(CC(C3)C1)C2. The maximum Gasteiger partial charge on any atom is 0.269 e. The van der Waals surface area contributed by atoms with E-state index in [4.69, 9.17) is 0 Å². The second-order valence-electron chi connectivity index (χ2n) is 8.72. The molecule has 4 bridgehead atoms. The van der Waals surface area contributed by atoms with Crippen molar-refractivity contribution in [1.82, 2.24) is 9.59 Å². The molecule has 2 N–H and O–H groups in total. The number of nitrogens with one attached hydrogen (secondary N) is 2. The van der Waals surface area contributed by atoms with E-state index in [0.29, 0.717) is 11.3 Å². The third-order valence-electron chi connectivity index (χ3n) is 6.71. The van der Waals surface area contributed by atoms with E-state index in [1.54, 1.807) is 0 Å². The van der Waals surface area contributed by atoms with Gasteiger partial charge in [0.25, 0.3) is 5.91 Å². The molecule has 4 aliphatic carbocycles. The van der Waals surface area contributed by atoms with Gasteiger partial charge < -0.3 is 10.6 Å². The maximum absolute atomic E-state index is 12.8. The average Bonchev–Trinajstić information content (AvgIpc) is 3.11. The van der Waals surface area contributed by atoms with E-state index >= 15 is 0 Å². The average molecular weight is 383 g/mol. The predicted molar refractivity (Wildman–Crippen MR) is 108 cm³/mol. The molecule has 0 atom stereocenters. The van der Waals surface area contributed by atoms with Crippen LogP contribution in [0.4, 0.5) is 11.4 Å². The fraction of sp³-hybridized carbons (Fsp3) is 0.571. The van der Waals surface area contributed by atoms with Gasteiger partial charge in [0.05, 0.1) is 17.1 Å². The molecule has 4 saturated carbocycles. The third-order valence-corrected chi connectivity index (χ3v) is 7.48. The standard InChI is InChI=1S/C21H26N4OS/c1-2-16-19(27-25-24-16)20(26)22-17-5-3-4-6-18(17)23-21-10-13-7-14(11-21)9-15(8-13)12-21/h3-6,13-15,23H,2,7-12H2,1H3,(H,22,26). The number of aryl methyl sites for hydroxylation is 1. The van der Waals surface area contributed by atoms with Crippen molar-refractivity contribution in [3.05, 3.63) is 34.8 Å². The van der Waals surface area contributed by atoms with Gasteiger partial charge >= 0.3 is 0 Å². The van der Waals surface area contributed by atoms with Gasteiger partial charge in [-0.1, -0.05) is 23.5 Å². The Morgan fingerprint density at radius 2 is 1.74 bits per heavy atom. The van der Waals surface area contributed by atoms with Gasteiger partial charge in [-0.2, -0.15) is 0 Å². The first kappa shape index (κ1) is 17.2. The van der Waals surface area contributed by atoms with Crippen molar-refractivity contribution in [2.45, 2.75) is 57.4 Å². The molecule has 142 valence electrons. The van der Waals surface area contributed by atoms with E-state index in [9.17, 15) is 4.79 Å². The number of hydrogen-bond donors (Lipinski definition) is 2. The Morgan fingerprint density at radius 3 is 2.37 bits per heavy atom. The molecule has 5 nitrogen and oxygen atoms in total. The van der Waals surface area contributed by atoms with E-state index in [0.717, 1.165) is 34.8 Å². The van der Waals surface area contributed by atoms with E-state index < -0.39 is 0 Å². The number of carbonyl (C=O) groups excluding carboxylic acids is 1. The van der Waals surface area contributed by atoms with Crippen molar-refractivity contribution in [1.29, 1.82) is 0 Å². The fourth-order valence-electron chi connectivity index (χ4n) is 6.04. The third kappa shape index (κ3) is 3.14. The van der Waals surface area contributed by atoms with E-state index in [1.807, 2.05) is 25.1 Å². The van der Waals surface area contributed by atoms with Crippen LogP contribution in [0.2, 0.25) is 0 Å². The van der Waals surface area contributed by atoms with Gasteiger partial charge in [0, 0.05) is 5.54 Å². The number of hydrogen-bond acceptors (Lipinski definition) is 5. The maximum atomic E-state index is 12.8. The zero-order valence-electron chi connectivity index (χ0n) is 15.7. The van der Waals surface area contributed by atoms with Gasteiger partial charge in [0.1, 0.15) is 4.88 Å². The van der Waals surface area contributed by atoms with Crippen LogP contribution in [-0.2, 0) is 6.42 Å². The van der Waals surface area contributed by atoms with Crippen molar-refractivity contribution < 1.29 is 4.79 Å². The lowest BCUT2D eigenvalue weighted by molar-refractivity contribution is 0.0107. The zero-order chi connectivity index (χ0) is 18.4. The number of aromatic nitrogens is 2. The first-order valence-corrected chi connectivity index (χ1v) is 10.9. The molecule has 4 aliphatic rings. The minimum absolute atomic E-state index is 0.110. The van der Waals surface area contributed by atoms with Crippen molar-refractivity contribution in [2.24, 2.45) is 17.8 Å². The van der Waals surface area contributed by atoms with Crippen LogP contribution in [0.25, 0.3) is 0 Å². The van der Waals surface area contributed by atoms with Crippen molar-refractivity contribution in [3.8, 4) is 0 Å². The topological polar surface area (TPSA) is 66.9 Å². The minimum atomic E-state index is -0.110. The summed E-state index contributed by atoms with van der Waals surface area (Å²) < 4.78 is 3.94. The van der Waals surface area contributed by atoms with Crippen LogP contribution < -0.4 is 10.6 Å². The summed E-state index contributed by atoms with van der Waals surface area (Å²) in [6.45, 7) is 2.00. The molecule has 0 spiro atoms. The number of nitrogens with zero attached hydrogens (tertiary/aromatic N) is 2. The van der Waals surface area contributed by atoms with Gasteiger partial charge in [0.2, 0.25) is 0 Å². The highest BCUT2D eigenvalue weighted by Crippen LogP contribution is 2.56. The molecule has 27 heavy (non-hydrogen) atoms. The number of amides is 1. The lowest BCUT2D eigenvalue weighted by Gasteiger charge is -2.57. The van der Waals surface area contributed by atoms with E-state index in [1.165, 1.54) is 50.1 Å². The summed E-state index contributed by atoms with van der Waals surface area (Å²) in [5.41, 5.74) is 2.89. The summed E-state index contributed by atoms with van der Waals surface area (Å²) in [5.74, 6) is 2.56. The van der Waals surface area contributed by atoms with Crippen LogP contribution in [0.5, 0.6) is 0 Å². The molecule has 4 fully saturated rings. The summed E-state index contributed by atoms with van der Waals surface area (Å²) in [4.78, 5) is 13.4. The van der Waals surface area contributed by atoms with Gasteiger partial charge in [-0.25, -0.2) is 0 Å². The number of carbonyl (C=O) groups is 1. The molecule has 0 unspecified atom stereocenters. The second kappa shape index (κ2) is 6.59. The molecular formula is C21H26N4OS. The highest BCUT2D eigenvalue weighted by atomic mass is 32.1. The summed E-state index contributed by atoms with van der Waals surface area (Å²) >= 11 is 1.17. The monoisotopic (exact) mass is 382 g/mol. The van der Waals surface area contributed by atoms with Crippen LogP contribution in [0.3, 0.4) is 0 Å². The lowest BCUT2D eigenvalue weighted by atomic mass is 9.53. The molecule has 1 aromatic heterocycles. The molecular weight excluding hydrogens is 356 g/mol. The largest absolute Gasteiger partial charge is 0.378 e. The van der Waals surface area contributed by atoms with E-state index in [2.05, 4.69) is 26.3 Å². The van der Waals surface area contributed by atoms with Crippen molar-refractivity contribution in [2.75, 3.05) is 10.6 Å². The van der Waals surface area contributed by atoms with Gasteiger partial charge in [-0.15, -0.1) is 5.10 Å². The zero-order valence-corrected chi connectivity index (χ0v) is 16.5. The summed E-state index contributed by atoms with van der Waals surface area (Å²) in [6, 6.07) is 8.11. The number of para-hydroxylation sites is 2. The molecule has 1 amide bonds. The first-order chi connectivity index (χ1) is 13.1. The number of rotatable bonds is 5. The molecule has 6 rings (SSSR count). The predicted octanol–water partition coefficient (Wildman–Crippen LogP) is 4.73. The molecule has 1 heterocycles. The Balaban J connectivity index is 1.38. The molecule has 6 heteroatoms. The number of benzene rings is 1. The summed E-state index contributed by atoms with van der Waals surface area (Å²) in [7, 11) is 0. The van der Waals surface area contributed by atoms with Crippen LogP contribution in [0.1, 0.15) is 60.8 Å². The summed E-state index contributed by atoms with van der Waals surface area (Å²) in [6.07, 6.45) is 8.83. The van der Waals surface area contributed by atoms with Crippen LogP contribution in [0.15, 0.2) is 24.3 Å². The molecule has 0 saturated heterocycles. The normalized spacial score (nSPS) is 31.1. The van der Waals surface area contributed by atoms with Gasteiger partial charge in [-0.05, 0) is 86.4 Å². The molecule has 2 aromatic rings. The number of anilines is 2. The Kier molecular flexibility index (Phi) is 4.19. The summed E-state index contributed by atoms with van der Waals surface area (Å²) in [5, 5.41) is 11.0. The first-order valence-electron chi connectivity index (χ1n) is 10.1. The lowest BCUT2D eigenvalue weighted by Crippen LogP contribution is -2.54. The Hall–Kier alpha value is -1.95. The highest BCUT2D eigenvalue weighted by molar-refractivity contribution is 7.08. The van der Waals surface area contributed by atoms with Gasteiger partial charge in [0.15, 0.2) is 0 Å². The van der Waals surface area contributed by atoms with Crippen LogP contribution in [-0.4, -0.2) is 21.0 Å². The van der Waals surface area contributed by atoms with Gasteiger partial charge in [-0.3, -0.25) is 4.79 Å². The highest BCUT2D eigenvalue weighted by Gasteiger charge is 2.51. The Labute approximate surface area is 164 Å². The van der Waals surface area contributed by atoms with E-state index in [-0.39, 0.29) is 11.4 Å². The minimum Gasteiger partial charge on any atom is -0.378 e. The smallest absolute Gasteiger partial charge is 0.269 e. The Morgan fingerprint density at radius 1 is 1.11 bits per heavy atom. The Bertz CT molecular complexity index is 826. The van der Waals surface area contributed by atoms with Crippen LogP contribution >= 0.6 is 11.5 Å². The fourth-order valence-corrected chi connectivity index (χ4v) is 6.69. The second-order valence-corrected chi connectivity index (χ2v) is 9.48.